The van der Waals surface area contributed by atoms with Gasteiger partial charge in [0.1, 0.15) is 12.4 Å². The molecule has 18 heavy (non-hydrogen) atoms. The molecule has 0 unspecified atom stereocenters. The quantitative estimate of drug-likeness (QED) is 0.746. The third-order valence-electron chi connectivity index (χ3n) is 3.14. The molecule has 2 rings (SSSR count). The van der Waals surface area contributed by atoms with Crippen molar-refractivity contribution in [3.8, 4) is 5.75 Å². The Morgan fingerprint density at radius 2 is 1.83 bits per heavy atom. The zero-order chi connectivity index (χ0) is 12.7. The van der Waals surface area contributed by atoms with E-state index in [9.17, 15) is 5.11 Å². The van der Waals surface area contributed by atoms with Crippen LogP contribution in [0.2, 0.25) is 0 Å². The fourth-order valence-electron chi connectivity index (χ4n) is 2.03. The topological polar surface area (TPSA) is 50.7 Å². The molecule has 1 saturated heterocycles. The first-order chi connectivity index (χ1) is 8.79. The molecule has 4 nitrogen and oxygen atoms in total. The number of ether oxygens (including phenoxy) is 2. The van der Waals surface area contributed by atoms with Gasteiger partial charge < -0.3 is 19.9 Å². The maximum atomic E-state index is 10.2. The molecule has 4 heteroatoms. The summed E-state index contributed by atoms with van der Waals surface area (Å²) in [5, 5.41) is 13.4. The van der Waals surface area contributed by atoms with E-state index in [4.69, 9.17) is 9.47 Å². The molecule has 0 radical (unpaired) electrons. The van der Waals surface area contributed by atoms with Gasteiger partial charge in [0.15, 0.2) is 0 Å². The van der Waals surface area contributed by atoms with E-state index in [2.05, 4.69) is 5.32 Å². The molecule has 100 valence electrons. The van der Waals surface area contributed by atoms with E-state index < -0.39 is 5.60 Å². The summed E-state index contributed by atoms with van der Waals surface area (Å²) < 4.78 is 11.0. The molecule has 0 atom stereocenters. The van der Waals surface area contributed by atoms with Crippen LogP contribution in [0.3, 0.4) is 0 Å². The summed E-state index contributed by atoms with van der Waals surface area (Å²) in [4.78, 5) is 0. The SMILES string of the molecule is OC1(COCCOc2ccccc2)CCNCC1. The average molecular weight is 251 g/mol. The first-order valence-corrected chi connectivity index (χ1v) is 6.47. The maximum absolute atomic E-state index is 10.2. The molecule has 0 amide bonds. The van der Waals surface area contributed by atoms with Crippen molar-refractivity contribution < 1.29 is 14.6 Å². The molecule has 2 N–H and O–H groups in total. The van der Waals surface area contributed by atoms with Gasteiger partial charge in [0.25, 0.3) is 0 Å². The number of aliphatic hydroxyl groups is 1. The summed E-state index contributed by atoms with van der Waals surface area (Å²) >= 11 is 0. The lowest BCUT2D eigenvalue weighted by Gasteiger charge is -2.32. The number of nitrogens with one attached hydrogen (secondary N) is 1. The van der Waals surface area contributed by atoms with Crippen LogP contribution in [0.4, 0.5) is 0 Å². The fraction of sp³-hybridized carbons (Fsp3) is 0.571. The molecule has 0 bridgehead atoms. The third-order valence-corrected chi connectivity index (χ3v) is 3.14. The lowest BCUT2D eigenvalue weighted by atomic mass is 9.94. The molecule has 1 aromatic rings. The van der Waals surface area contributed by atoms with Crippen molar-refractivity contribution in [1.82, 2.24) is 5.32 Å². The predicted octanol–water partition coefficient (Wildman–Crippen LogP) is 1.20. The molecule has 1 heterocycles. The van der Waals surface area contributed by atoms with Crippen LogP contribution in [0, 0.1) is 0 Å². The number of para-hydroxylation sites is 1. The van der Waals surface area contributed by atoms with Gasteiger partial charge >= 0.3 is 0 Å². The standard InChI is InChI=1S/C14H21NO3/c16-14(6-8-15-9-7-14)12-17-10-11-18-13-4-2-1-3-5-13/h1-5,15-16H,6-12H2. The summed E-state index contributed by atoms with van der Waals surface area (Å²) in [6, 6.07) is 9.67. The van der Waals surface area contributed by atoms with Crippen molar-refractivity contribution >= 4 is 0 Å². The minimum absolute atomic E-state index is 0.396. The predicted molar refractivity (Wildman–Crippen MR) is 69.8 cm³/mol. The molecular formula is C14H21NO3. The van der Waals surface area contributed by atoms with Crippen molar-refractivity contribution in [3.63, 3.8) is 0 Å². The van der Waals surface area contributed by atoms with Crippen LogP contribution >= 0.6 is 0 Å². The molecule has 1 aliphatic heterocycles. The first-order valence-electron chi connectivity index (χ1n) is 6.47. The van der Waals surface area contributed by atoms with Gasteiger partial charge in [-0.15, -0.1) is 0 Å². The monoisotopic (exact) mass is 251 g/mol. The van der Waals surface area contributed by atoms with Crippen molar-refractivity contribution in [2.24, 2.45) is 0 Å². The highest BCUT2D eigenvalue weighted by Crippen LogP contribution is 2.18. The van der Waals surface area contributed by atoms with Crippen LogP contribution in [0.25, 0.3) is 0 Å². The van der Waals surface area contributed by atoms with Gasteiger partial charge in [-0.25, -0.2) is 0 Å². The molecule has 0 spiro atoms. The second-order valence-corrected chi connectivity index (χ2v) is 4.69. The van der Waals surface area contributed by atoms with E-state index in [0.717, 1.165) is 31.7 Å². The molecule has 1 aliphatic rings. The van der Waals surface area contributed by atoms with Crippen molar-refractivity contribution in [2.45, 2.75) is 18.4 Å². The molecule has 0 aliphatic carbocycles. The van der Waals surface area contributed by atoms with Crippen LogP contribution in [0.15, 0.2) is 30.3 Å². The van der Waals surface area contributed by atoms with Gasteiger partial charge in [-0.3, -0.25) is 0 Å². The van der Waals surface area contributed by atoms with Gasteiger partial charge in [-0.1, -0.05) is 18.2 Å². The number of piperidine rings is 1. The lowest BCUT2D eigenvalue weighted by molar-refractivity contribution is -0.0678. The Hall–Kier alpha value is -1.10. The minimum Gasteiger partial charge on any atom is -0.491 e. The highest BCUT2D eigenvalue weighted by atomic mass is 16.5. The molecule has 0 saturated carbocycles. The number of benzene rings is 1. The van der Waals surface area contributed by atoms with E-state index in [0.29, 0.717) is 19.8 Å². The Balaban J connectivity index is 1.58. The van der Waals surface area contributed by atoms with Crippen LogP contribution in [0.5, 0.6) is 5.75 Å². The Morgan fingerprint density at radius 1 is 1.11 bits per heavy atom. The third kappa shape index (κ3) is 4.29. The van der Waals surface area contributed by atoms with E-state index in [-0.39, 0.29) is 0 Å². The Kier molecular flexibility index (Phi) is 4.99. The second kappa shape index (κ2) is 6.73. The van der Waals surface area contributed by atoms with Crippen LogP contribution in [-0.2, 0) is 4.74 Å². The van der Waals surface area contributed by atoms with Crippen LogP contribution < -0.4 is 10.1 Å². The molecular weight excluding hydrogens is 230 g/mol. The molecule has 1 fully saturated rings. The minimum atomic E-state index is -0.655. The highest BCUT2D eigenvalue weighted by molar-refractivity contribution is 5.20. The van der Waals surface area contributed by atoms with Crippen LogP contribution in [0.1, 0.15) is 12.8 Å². The Morgan fingerprint density at radius 3 is 2.56 bits per heavy atom. The number of hydrogen-bond donors (Lipinski definition) is 2. The van der Waals surface area contributed by atoms with Crippen molar-refractivity contribution in [2.75, 3.05) is 32.9 Å². The molecule has 0 aromatic heterocycles. The zero-order valence-corrected chi connectivity index (χ0v) is 10.6. The Bertz CT molecular complexity index is 336. The summed E-state index contributed by atoms with van der Waals surface area (Å²) in [7, 11) is 0. The van der Waals surface area contributed by atoms with Gasteiger partial charge in [0, 0.05) is 0 Å². The van der Waals surface area contributed by atoms with E-state index >= 15 is 0 Å². The summed E-state index contributed by atoms with van der Waals surface area (Å²) in [6.45, 7) is 3.14. The zero-order valence-electron chi connectivity index (χ0n) is 10.6. The molecule has 1 aromatic carbocycles. The van der Waals surface area contributed by atoms with E-state index in [1.165, 1.54) is 0 Å². The van der Waals surface area contributed by atoms with Gasteiger partial charge in [-0.05, 0) is 38.1 Å². The van der Waals surface area contributed by atoms with Gasteiger partial charge in [0.2, 0.25) is 0 Å². The second-order valence-electron chi connectivity index (χ2n) is 4.69. The smallest absolute Gasteiger partial charge is 0.119 e. The van der Waals surface area contributed by atoms with Crippen molar-refractivity contribution in [1.29, 1.82) is 0 Å². The lowest BCUT2D eigenvalue weighted by Crippen LogP contribution is -2.45. The normalized spacial score (nSPS) is 18.5. The first kappa shape index (κ1) is 13.3. The largest absolute Gasteiger partial charge is 0.491 e. The fourth-order valence-corrected chi connectivity index (χ4v) is 2.03. The summed E-state index contributed by atoms with van der Waals surface area (Å²) in [6.07, 6.45) is 1.51. The van der Waals surface area contributed by atoms with Crippen molar-refractivity contribution in [3.05, 3.63) is 30.3 Å². The number of hydrogen-bond acceptors (Lipinski definition) is 4. The Labute approximate surface area is 108 Å². The summed E-state index contributed by atoms with van der Waals surface area (Å²) in [5.74, 6) is 0.849. The van der Waals surface area contributed by atoms with Gasteiger partial charge in [-0.2, -0.15) is 0 Å². The van der Waals surface area contributed by atoms with E-state index in [1.807, 2.05) is 30.3 Å². The van der Waals surface area contributed by atoms with Gasteiger partial charge in [0.05, 0.1) is 18.8 Å². The summed E-state index contributed by atoms with van der Waals surface area (Å²) in [5.41, 5.74) is -0.655. The number of rotatable bonds is 6. The van der Waals surface area contributed by atoms with Crippen LogP contribution in [-0.4, -0.2) is 43.6 Å². The average Bonchev–Trinajstić information content (AvgIpc) is 2.40. The van der Waals surface area contributed by atoms with E-state index in [1.54, 1.807) is 0 Å². The maximum Gasteiger partial charge on any atom is 0.119 e. The highest BCUT2D eigenvalue weighted by Gasteiger charge is 2.29.